The molecular formula is C22H16N4OS. The maximum Gasteiger partial charge on any atom is 0.283 e. The fraction of sp³-hybridized carbons (Fsp3) is 0.0455. The smallest absolute Gasteiger partial charge is 0.267 e. The fourth-order valence-corrected chi connectivity index (χ4v) is 4.12. The van der Waals surface area contributed by atoms with E-state index < -0.39 is 0 Å². The molecular weight excluding hydrogens is 368 g/mol. The van der Waals surface area contributed by atoms with Gasteiger partial charge < -0.3 is 0 Å². The lowest BCUT2D eigenvalue weighted by atomic mass is 10.2. The Hall–Kier alpha value is -3.38. The van der Waals surface area contributed by atoms with Crippen molar-refractivity contribution in [1.29, 1.82) is 0 Å². The van der Waals surface area contributed by atoms with Gasteiger partial charge in [-0.3, -0.25) is 9.36 Å². The molecule has 28 heavy (non-hydrogen) atoms. The van der Waals surface area contributed by atoms with Gasteiger partial charge in [-0.2, -0.15) is 4.52 Å². The lowest BCUT2D eigenvalue weighted by Crippen LogP contribution is -2.16. The maximum absolute atomic E-state index is 13.0. The van der Waals surface area contributed by atoms with Crippen molar-refractivity contribution in [3.63, 3.8) is 0 Å². The van der Waals surface area contributed by atoms with Gasteiger partial charge in [-0.25, -0.2) is 4.98 Å². The molecule has 0 amide bonds. The standard InChI is InChI=1S/C22H16N4OS/c27-20-18-13-7-8-14-19(18)23-21-25(17-11-5-2-6-12-17)22(24-26(20)21)28-15-16-9-3-1-4-10-16/h1-14H,15H2. The van der Waals surface area contributed by atoms with E-state index in [0.29, 0.717) is 16.7 Å². The Balaban J connectivity index is 1.73. The molecule has 0 saturated carbocycles. The van der Waals surface area contributed by atoms with Gasteiger partial charge in [0.2, 0.25) is 5.78 Å². The van der Waals surface area contributed by atoms with Crippen molar-refractivity contribution in [2.45, 2.75) is 10.9 Å². The van der Waals surface area contributed by atoms with Crippen LogP contribution >= 0.6 is 11.8 Å². The summed E-state index contributed by atoms with van der Waals surface area (Å²) in [5, 5.41) is 5.92. The van der Waals surface area contributed by atoms with Gasteiger partial charge in [-0.1, -0.05) is 72.4 Å². The summed E-state index contributed by atoms with van der Waals surface area (Å²) in [7, 11) is 0. The number of rotatable bonds is 4. The molecule has 0 N–H and O–H groups in total. The van der Waals surface area contributed by atoms with E-state index in [-0.39, 0.29) is 5.56 Å². The molecule has 5 rings (SSSR count). The molecule has 0 bridgehead atoms. The molecule has 2 heterocycles. The number of fused-ring (bicyclic) bond motifs is 2. The summed E-state index contributed by atoms with van der Waals surface area (Å²) in [6.07, 6.45) is 0. The molecule has 0 saturated heterocycles. The normalized spacial score (nSPS) is 11.3. The van der Waals surface area contributed by atoms with E-state index >= 15 is 0 Å². The van der Waals surface area contributed by atoms with Crippen LogP contribution in [0.5, 0.6) is 0 Å². The Morgan fingerprint density at radius 2 is 1.50 bits per heavy atom. The number of para-hydroxylation sites is 2. The van der Waals surface area contributed by atoms with E-state index in [1.165, 1.54) is 10.1 Å². The summed E-state index contributed by atoms with van der Waals surface area (Å²) in [6, 6.07) is 27.5. The SMILES string of the molecule is O=c1c2ccccc2nc2n(-c3ccccc3)c(SCc3ccccc3)nn12. The molecule has 136 valence electrons. The van der Waals surface area contributed by atoms with Crippen molar-refractivity contribution in [1.82, 2.24) is 19.2 Å². The number of nitrogens with zero attached hydrogens (tertiary/aromatic N) is 4. The first-order chi connectivity index (χ1) is 13.8. The summed E-state index contributed by atoms with van der Waals surface area (Å²) in [6.45, 7) is 0. The van der Waals surface area contributed by atoms with Crippen molar-refractivity contribution >= 4 is 28.4 Å². The molecule has 0 aliphatic heterocycles. The van der Waals surface area contributed by atoms with Crippen LogP contribution in [0, 0.1) is 0 Å². The summed E-state index contributed by atoms with van der Waals surface area (Å²) >= 11 is 1.59. The summed E-state index contributed by atoms with van der Waals surface area (Å²) < 4.78 is 3.35. The van der Waals surface area contributed by atoms with Crippen LogP contribution in [-0.4, -0.2) is 19.2 Å². The molecule has 3 aromatic carbocycles. The van der Waals surface area contributed by atoms with Crippen molar-refractivity contribution in [3.8, 4) is 5.69 Å². The van der Waals surface area contributed by atoms with Gasteiger partial charge in [0.1, 0.15) is 0 Å². The average Bonchev–Trinajstić information content (AvgIpc) is 3.12. The molecule has 0 radical (unpaired) electrons. The van der Waals surface area contributed by atoms with Crippen molar-refractivity contribution in [2.24, 2.45) is 0 Å². The topological polar surface area (TPSA) is 52.2 Å². The Labute approximate surface area is 165 Å². The molecule has 0 spiro atoms. The highest BCUT2D eigenvalue weighted by Crippen LogP contribution is 2.26. The second-order valence-corrected chi connectivity index (χ2v) is 7.32. The highest BCUT2D eigenvalue weighted by molar-refractivity contribution is 7.98. The zero-order valence-corrected chi connectivity index (χ0v) is 15.7. The van der Waals surface area contributed by atoms with Gasteiger partial charge >= 0.3 is 0 Å². The van der Waals surface area contributed by atoms with E-state index in [4.69, 9.17) is 4.98 Å². The lowest BCUT2D eigenvalue weighted by Gasteiger charge is -2.07. The van der Waals surface area contributed by atoms with Crippen molar-refractivity contribution in [3.05, 3.63) is 101 Å². The molecule has 0 atom stereocenters. The number of benzene rings is 3. The van der Waals surface area contributed by atoms with Crippen molar-refractivity contribution < 1.29 is 0 Å². The van der Waals surface area contributed by atoms with Gasteiger partial charge in [0.25, 0.3) is 5.56 Å². The minimum atomic E-state index is -0.156. The third kappa shape index (κ3) is 2.88. The van der Waals surface area contributed by atoms with Crippen LogP contribution in [0.15, 0.2) is 94.9 Å². The summed E-state index contributed by atoms with van der Waals surface area (Å²) in [4.78, 5) is 17.7. The van der Waals surface area contributed by atoms with E-state index in [2.05, 4.69) is 17.2 Å². The Kier molecular flexibility index (Phi) is 4.18. The Bertz CT molecular complexity index is 1330. The molecule has 5 nitrogen and oxygen atoms in total. The Morgan fingerprint density at radius 1 is 0.821 bits per heavy atom. The highest BCUT2D eigenvalue weighted by atomic mass is 32.2. The van der Waals surface area contributed by atoms with E-state index in [1.54, 1.807) is 17.8 Å². The first-order valence-electron chi connectivity index (χ1n) is 8.94. The molecule has 0 fully saturated rings. The Morgan fingerprint density at radius 3 is 2.29 bits per heavy atom. The number of thioether (sulfide) groups is 1. The van der Waals surface area contributed by atoms with Gasteiger partial charge in [0, 0.05) is 5.75 Å². The first kappa shape index (κ1) is 16.8. The van der Waals surface area contributed by atoms with Gasteiger partial charge in [-0.15, -0.1) is 5.10 Å². The minimum Gasteiger partial charge on any atom is -0.267 e. The van der Waals surface area contributed by atoms with Crippen LogP contribution < -0.4 is 5.56 Å². The number of hydrogen-bond donors (Lipinski definition) is 0. The highest BCUT2D eigenvalue weighted by Gasteiger charge is 2.17. The largest absolute Gasteiger partial charge is 0.283 e. The molecule has 0 unspecified atom stereocenters. The average molecular weight is 384 g/mol. The second kappa shape index (κ2) is 6.98. The minimum absolute atomic E-state index is 0.156. The van der Waals surface area contributed by atoms with Crippen LogP contribution in [-0.2, 0) is 5.75 Å². The molecule has 6 heteroatoms. The van der Waals surface area contributed by atoms with E-state index in [0.717, 1.165) is 16.6 Å². The van der Waals surface area contributed by atoms with Crippen LogP contribution in [0.25, 0.3) is 22.4 Å². The van der Waals surface area contributed by atoms with E-state index in [9.17, 15) is 4.79 Å². The molecule has 2 aromatic heterocycles. The van der Waals surface area contributed by atoms with Crippen LogP contribution in [0.4, 0.5) is 0 Å². The van der Waals surface area contributed by atoms with Gasteiger partial charge in [0.05, 0.1) is 16.6 Å². The lowest BCUT2D eigenvalue weighted by molar-refractivity contribution is 0.840. The first-order valence-corrected chi connectivity index (χ1v) is 9.92. The predicted octanol–water partition coefficient (Wildman–Crippen LogP) is 4.33. The van der Waals surface area contributed by atoms with Gasteiger partial charge in [-0.05, 0) is 29.8 Å². The zero-order valence-electron chi connectivity index (χ0n) is 14.9. The second-order valence-electron chi connectivity index (χ2n) is 6.37. The monoisotopic (exact) mass is 384 g/mol. The van der Waals surface area contributed by atoms with Crippen molar-refractivity contribution in [2.75, 3.05) is 0 Å². The van der Waals surface area contributed by atoms with Crippen LogP contribution in [0.3, 0.4) is 0 Å². The molecule has 0 aliphatic carbocycles. The zero-order chi connectivity index (χ0) is 18.9. The third-order valence-corrected chi connectivity index (χ3v) is 5.54. The molecule has 5 aromatic rings. The summed E-state index contributed by atoms with van der Waals surface area (Å²) in [5.41, 5.74) is 2.64. The van der Waals surface area contributed by atoms with E-state index in [1.807, 2.05) is 71.3 Å². The van der Waals surface area contributed by atoms with Gasteiger partial charge in [0.15, 0.2) is 5.16 Å². The third-order valence-electron chi connectivity index (χ3n) is 4.54. The van der Waals surface area contributed by atoms with Crippen LogP contribution in [0.1, 0.15) is 5.56 Å². The number of hydrogen-bond acceptors (Lipinski definition) is 4. The summed E-state index contributed by atoms with van der Waals surface area (Å²) in [5.74, 6) is 1.27. The number of aromatic nitrogens is 4. The quantitative estimate of drug-likeness (QED) is 0.433. The fourth-order valence-electron chi connectivity index (χ4n) is 3.18. The van der Waals surface area contributed by atoms with Crippen LogP contribution in [0.2, 0.25) is 0 Å². The maximum atomic E-state index is 13.0. The molecule has 0 aliphatic rings. The predicted molar refractivity (Wildman–Crippen MR) is 112 cm³/mol.